The summed E-state index contributed by atoms with van der Waals surface area (Å²) >= 11 is 1.82. The third-order valence-corrected chi connectivity index (χ3v) is 4.74. The van der Waals surface area contributed by atoms with Gasteiger partial charge in [0.15, 0.2) is 0 Å². The van der Waals surface area contributed by atoms with Crippen LogP contribution in [0, 0.1) is 11.8 Å². The van der Waals surface area contributed by atoms with Gasteiger partial charge in [0.1, 0.15) is 0 Å². The molecule has 21 heavy (non-hydrogen) atoms. The van der Waals surface area contributed by atoms with Gasteiger partial charge in [-0.3, -0.25) is 0 Å². The monoisotopic (exact) mass is 284 g/mol. The Bertz CT molecular complexity index is 982. The lowest BCUT2D eigenvalue weighted by atomic mass is 10.1. The highest BCUT2D eigenvalue weighted by molar-refractivity contribution is 7.26. The predicted molar refractivity (Wildman–Crippen MR) is 91.8 cm³/mol. The van der Waals surface area contributed by atoms with Gasteiger partial charge in [-0.2, -0.15) is 0 Å². The molecule has 0 aliphatic rings. The van der Waals surface area contributed by atoms with Gasteiger partial charge in [0, 0.05) is 26.6 Å². The van der Waals surface area contributed by atoms with Crippen LogP contribution in [-0.4, -0.2) is 0 Å². The molecule has 4 aromatic rings. The molecule has 0 N–H and O–H groups in total. The van der Waals surface area contributed by atoms with E-state index < -0.39 is 0 Å². The second kappa shape index (κ2) is 5.09. The summed E-state index contributed by atoms with van der Waals surface area (Å²) in [5.41, 5.74) is 2.16. The van der Waals surface area contributed by atoms with Crippen molar-refractivity contribution in [2.45, 2.75) is 0 Å². The molecule has 0 fully saturated rings. The molecular weight excluding hydrogens is 272 g/mol. The van der Waals surface area contributed by atoms with Crippen molar-refractivity contribution in [3.63, 3.8) is 0 Å². The topological polar surface area (TPSA) is 0 Å². The largest absolute Gasteiger partial charge is 0.134 e. The molecule has 0 radical (unpaired) electrons. The Morgan fingerprint density at radius 2 is 1.38 bits per heavy atom. The lowest BCUT2D eigenvalue weighted by molar-refractivity contribution is 1.65. The standard InChI is InChI=1S/C20H12S/c1-2-7-15(8-3-1)13-14-16-9-6-11-18-17-10-4-5-12-19(17)21-20(16)18/h1-12H. The van der Waals surface area contributed by atoms with E-state index in [9.17, 15) is 0 Å². The number of benzene rings is 3. The van der Waals surface area contributed by atoms with Crippen LogP contribution in [0.2, 0.25) is 0 Å². The van der Waals surface area contributed by atoms with Crippen LogP contribution in [-0.2, 0) is 0 Å². The van der Waals surface area contributed by atoms with E-state index in [1.807, 2.05) is 41.7 Å². The van der Waals surface area contributed by atoms with Crippen molar-refractivity contribution < 1.29 is 0 Å². The molecule has 0 saturated heterocycles. The van der Waals surface area contributed by atoms with Crippen molar-refractivity contribution in [2.75, 3.05) is 0 Å². The fraction of sp³-hybridized carbons (Fsp3) is 0. The first kappa shape index (κ1) is 12.2. The highest BCUT2D eigenvalue weighted by atomic mass is 32.1. The van der Waals surface area contributed by atoms with Crippen LogP contribution < -0.4 is 0 Å². The fourth-order valence-corrected chi connectivity index (χ4v) is 3.68. The van der Waals surface area contributed by atoms with Crippen LogP contribution in [0.1, 0.15) is 11.1 Å². The van der Waals surface area contributed by atoms with Gasteiger partial charge in [0.05, 0.1) is 4.70 Å². The minimum absolute atomic E-state index is 1.05. The molecule has 1 aromatic heterocycles. The van der Waals surface area contributed by atoms with Crippen LogP contribution in [0.4, 0.5) is 0 Å². The van der Waals surface area contributed by atoms with Crippen molar-refractivity contribution in [2.24, 2.45) is 0 Å². The maximum atomic E-state index is 3.33. The number of rotatable bonds is 0. The van der Waals surface area contributed by atoms with Crippen molar-refractivity contribution in [1.82, 2.24) is 0 Å². The van der Waals surface area contributed by atoms with Gasteiger partial charge in [0.25, 0.3) is 0 Å². The third-order valence-electron chi connectivity index (χ3n) is 3.52. The lowest BCUT2D eigenvalue weighted by Gasteiger charge is -1.94. The Balaban J connectivity index is 1.92. The molecule has 0 unspecified atom stereocenters. The van der Waals surface area contributed by atoms with Crippen LogP contribution >= 0.6 is 11.3 Å². The Labute approximate surface area is 127 Å². The first-order valence-corrected chi connectivity index (χ1v) is 7.71. The summed E-state index contributed by atoms with van der Waals surface area (Å²) in [5.74, 6) is 6.58. The van der Waals surface area contributed by atoms with Gasteiger partial charge in [-0.1, -0.05) is 60.4 Å². The molecule has 0 aliphatic carbocycles. The summed E-state index contributed by atoms with van der Waals surface area (Å²) in [7, 11) is 0. The molecule has 0 amide bonds. The SMILES string of the molecule is C(#Cc1cccc2c1sc1ccccc12)c1ccccc1. The highest BCUT2D eigenvalue weighted by Gasteiger charge is 2.06. The molecule has 0 spiro atoms. The quantitative estimate of drug-likeness (QED) is 0.376. The molecular formula is C20H12S. The van der Waals surface area contributed by atoms with E-state index in [2.05, 4.69) is 54.3 Å². The van der Waals surface area contributed by atoms with Crippen molar-refractivity contribution >= 4 is 31.5 Å². The van der Waals surface area contributed by atoms with Crippen LogP contribution in [0.3, 0.4) is 0 Å². The van der Waals surface area contributed by atoms with Gasteiger partial charge in [-0.05, 0) is 24.3 Å². The molecule has 1 heteroatoms. The number of hydrogen-bond donors (Lipinski definition) is 0. The van der Waals surface area contributed by atoms with E-state index in [4.69, 9.17) is 0 Å². The van der Waals surface area contributed by atoms with Gasteiger partial charge in [-0.15, -0.1) is 11.3 Å². The second-order valence-electron chi connectivity index (χ2n) is 4.90. The first-order chi connectivity index (χ1) is 10.4. The zero-order valence-corrected chi connectivity index (χ0v) is 12.2. The van der Waals surface area contributed by atoms with E-state index in [-0.39, 0.29) is 0 Å². The van der Waals surface area contributed by atoms with Gasteiger partial charge < -0.3 is 0 Å². The Morgan fingerprint density at radius 1 is 0.619 bits per heavy atom. The molecule has 1 heterocycles. The average Bonchev–Trinajstić information content (AvgIpc) is 2.93. The van der Waals surface area contributed by atoms with Gasteiger partial charge in [0.2, 0.25) is 0 Å². The fourth-order valence-electron chi connectivity index (χ4n) is 2.51. The van der Waals surface area contributed by atoms with Crippen molar-refractivity contribution in [3.8, 4) is 11.8 Å². The summed E-state index contributed by atoms with van der Waals surface area (Å²) in [5, 5.41) is 2.62. The van der Waals surface area contributed by atoms with Gasteiger partial charge in [-0.25, -0.2) is 0 Å². The summed E-state index contributed by atoms with van der Waals surface area (Å²) in [6, 6.07) is 25.1. The zero-order chi connectivity index (χ0) is 14.1. The number of fused-ring (bicyclic) bond motifs is 3. The molecule has 0 nitrogen and oxygen atoms in total. The second-order valence-corrected chi connectivity index (χ2v) is 5.95. The minimum Gasteiger partial charge on any atom is -0.134 e. The molecule has 0 atom stereocenters. The Hall–Kier alpha value is -2.56. The maximum absolute atomic E-state index is 3.33. The first-order valence-electron chi connectivity index (χ1n) is 6.89. The van der Waals surface area contributed by atoms with E-state index in [0.717, 1.165) is 11.1 Å². The van der Waals surface area contributed by atoms with Crippen LogP contribution in [0.15, 0.2) is 72.8 Å². The van der Waals surface area contributed by atoms with E-state index >= 15 is 0 Å². The molecule has 0 saturated carbocycles. The van der Waals surface area contributed by atoms with E-state index in [1.165, 1.54) is 20.2 Å². The lowest BCUT2D eigenvalue weighted by Crippen LogP contribution is -1.76. The summed E-state index contributed by atoms with van der Waals surface area (Å²) in [6.45, 7) is 0. The highest BCUT2D eigenvalue weighted by Crippen LogP contribution is 2.35. The maximum Gasteiger partial charge on any atom is 0.0512 e. The summed E-state index contributed by atoms with van der Waals surface area (Å²) in [6.07, 6.45) is 0. The smallest absolute Gasteiger partial charge is 0.0512 e. The van der Waals surface area contributed by atoms with Crippen LogP contribution in [0.25, 0.3) is 20.2 Å². The van der Waals surface area contributed by atoms with Crippen LogP contribution in [0.5, 0.6) is 0 Å². The van der Waals surface area contributed by atoms with E-state index in [0.29, 0.717) is 0 Å². The zero-order valence-electron chi connectivity index (χ0n) is 11.3. The Kier molecular flexibility index (Phi) is 2.96. The molecule has 0 bridgehead atoms. The Morgan fingerprint density at radius 3 is 2.29 bits per heavy atom. The van der Waals surface area contributed by atoms with Crippen molar-refractivity contribution in [1.29, 1.82) is 0 Å². The average molecular weight is 284 g/mol. The predicted octanol–water partition coefficient (Wildman–Crippen LogP) is 5.45. The molecule has 3 aromatic carbocycles. The third kappa shape index (κ3) is 2.20. The summed E-state index contributed by atoms with van der Waals surface area (Å²) in [4.78, 5) is 0. The summed E-state index contributed by atoms with van der Waals surface area (Å²) < 4.78 is 2.60. The molecule has 98 valence electrons. The minimum atomic E-state index is 1.05. The van der Waals surface area contributed by atoms with Crippen molar-refractivity contribution in [3.05, 3.63) is 83.9 Å². The molecule has 0 aliphatic heterocycles. The number of thiophene rings is 1. The van der Waals surface area contributed by atoms with Gasteiger partial charge >= 0.3 is 0 Å². The van der Waals surface area contributed by atoms with E-state index in [1.54, 1.807) is 0 Å². The molecule has 4 rings (SSSR count). The number of hydrogen-bond acceptors (Lipinski definition) is 1. The normalized spacial score (nSPS) is 10.5.